The van der Waals surface area contributed by atoms with Gasteiger partial charge < -0.3 is 23.7 Å². The van der Waals surface area contributed by atoms with Gasteiger partial charge in [-0.05, 0) is 50.3 Å². The lowest BCUT2D eigenvalue weighted by molar-refractivity contribution is -0.118. The van der Waals surface area contributed by atoms with E-state index in [0.717, 1.165) is 53.5 Å². The molecule has 1 heterocycles. The van der Waals surface area contributed by atoms with E-state index in [0.29, 0.717) is 36.0 Å². The molecule has 0 bridgehead atoms. The fourth-order valence-electron chi connectivity index (χ4n) is 4.01. The number of carbonyl (C=O) groups excluding carboxylic acids is 2. The fourth-order valence-corrected chi connectivity index (χ4v) is 4.87. The standard InChI is InChI=1S/C25H31NO7S/c1-15-18(21(30-3)23(32-5)22(31-4)20(15)29-2)8-6-7-13-33-17-11-9-16(10-12-17)14-19-24(27)26-25(28)34-19/h9-12,19H,6-8,13-14H2,1-5H3,(H,26,27,28). The van der Waals surface area contributed by atoms with Gasteiger partial charge in [0.25, 0.3) is 5.24 Å². The van der Waals surface area contributed by atoms with E-state index in [-0.39, 0.29) is 16.4 Å². The smallest absolute Gasteiger partial charge is 0.286 e. The molecule has 1 atom stereocenters. The summed E-state index contributed by atoms with van der Waals surface area (Å²) < 4.78 is 28.2. The monoisotopic (exact) mass is 489 g/mol. The minimum atomic E-state index is -0.366. The van der Waals surface area contributed by atoms with Crippen LogP contribution >= 0.6 is 11.8 Å². The number of hydrogen-bond donors (Lipinski definition) is 1. The Morgan fingerprint density at radius 2 is 1.47 bits per heavy atom. The van der Waals surface area contributed by atoms with Crippen molar-refractivity contribution in [3.05, 3.63) is 41.0 Å². The van der Waals surface area contributed by atoms with Crippen LogP contribution in [0.3, 0.4) is 0 Å². The summed E-state index contributed by atoms with van der Waals surface area (Å²) in [6.45, 7) is 2.56. The van der Waals surface area contributed by atoms with Crippen LogP contribution in [0, 0.1) is 6.92 Å². The molecule has 9 heteroatoms. The van der Waals surface area contributed by atoms with E-state index in [1.165, 1.54) is 0 Å². The van der Waals surface area contributed by atoms with Crippen LogP contribution in [0.2, 0.25) is 0 Å². The minimum Gasteiger partial charge on any atom is -0.494 e. The molecule has 1 aliphatic rings. The first-order valence-corrected chi connectivity index (χ1v) is 11.9. The van der Waals surface area contributed by atoms with Crippen LogP contribution in [0.1, 0.15) is 29.5 Å². The molecule has 1 aliphatic heterocycles. The number of thioether (sulfide) groups is 1. The summed E-state index contributed by atoms with van der Waals surface area (Å²) in [5.41, 5.74) is 2.97. The molecule has 0 radical (unpaired) electrons. The predicted molar refractivity (Wildman–Crippen MR) is 131 cm³/mol. The van der Waals surface area contributed by atoms with Crippen molar-refractivity contribution in [2.45, 2.75) is 37.9 Å². The lowest BCUT2D eigenvalue weighted by atomic mass is 9.99. The Bertz CT molecular complexity index is 1020. The number of nitrogens with one attached hydrogen (secondary N) is 1. The molecular weight excluding hydrogens is 458 g/mol. The number of unbranched alkanes of at least 4 members (excludes halogenated alkanes) is 1. The molecule has 184 valence electrons. The number of methoxy groups -OCH3 is 4. The van der Waals surface area contributed by atoms with Crippen molar-refractivity contribution in [1.29, 1.82) is 0 Å². The largest absolute Gasteiger partial charge is 0.494 e. The van der Waals surface area contributed by atoms with Gasteiger partial charge in [0.2, 0.25) is 17.4 Å². The molecule has 0 saturated carbocycles. The van der Waals surface area contributed by atoms with Gasteiger partial charge in [0.15, 0.2) is 11.5 Å². The molecule has 34 heavy (non-hydrogen) atoms. The van der Waals surface area contributed by atoms with E-state index in [4.69, 9.17) is 23.7 Å². The van der Waals surface area contributed by atoms with E-state index >= 15 is 0 Å². The maximum Gasteiger partial charge on any atom is 0.286 e. The summed E-state index contributed by atoms with van der Waals surface area (Å²) in [5.74, 6) is 2.89. The van der Waals surface area contributed by atoms with Crippen molar-refractivity contribution >= 4 is 22.9 Å². The van der Waals surface area contributed by atoms with E-state index < -0.39 is 0 Å². The van der Waals surface area contributed by atoms with Crippen molar-refractivity contribution in [1.82, 2.24) is 5.32 Å². The summed E-state index contributed by atoms with van der Waals surface area (Å²) in [5, 5.41) is 1.66. The van der Waals surface area contributed by atoms with Gasteiger partial charge >= 0.3 is 0 Å². The molecule has 0 aliphatic carbocycles. The summed E-state index contributed by atoms with van der Waals surface area (Å²) >= 11 is 1.04. The number of carbonyl (C=O) groups is 2. The molecule has 2 amide bonds. The van der Waals surface area contributed by atoms with Crippen molar-refractivity contribution in [3.8, 4) is 28.7 Å². The van der Waals surface area contributed by atoms with Gasteiger partial charge in [-0.2, -0.15) is 0 Å². The first kappa shape index (κ1) is 25.6. The molecule has 2 aromatic carbocycles. The highest BCUT2D eigenvalue weighted by atomic mass is 32.2. The minimum absolute atomic E-state index is 0.228. The Hall–Kier alpha value is -3.07. The van der Waals surface area contributed by atoms with E-state index in [2.05, 4.69) is 5.32 Å². The summed E-state index contributed by atoms with van der Waals surface area (Å²) in [7, 11) is 6.39. The molecule has 1 saturated heterocycles. The van der Waals surface area contributed by atoms with Crippen LogP contribution in [0.15, 0.2) is 24.3 Å². The highest BCUT2D eigenvalue weighted by Crippen LogP contribution is 2.49. The zero-order valence-electron chi connectivity index (χ0n) is 20.2. The van der Waals surface area contributed by atoms with E-state index in [1.807, 2.05) is 31.2 Å². The van der Waals surface area contributed by atoms with Crippen LogP contribution in [0.25, 0.3) is 0 Å². The molecule has 1 N–H and O–H groups in total. The lowest BCUT2D eigenvalue weighted by Crippen LogP contribution is -2.25. The second-order valence-electron chi connectivity index (χ2n) is 7.77. The Morgan fingerprint density at radius 1 is 0.853 bits per heavy atom. The van der Waals surface area contributed by atoms with Gasteiger partial charge in [-0.15, -0.1) is 0 Å². The third-order valence-corrected chi connectivity index (χ3v) is 6.69. The SMILES string of the molecule is COc1c(C)c(CCCCOc2ccc(CC3SC(=O)NC3=O)cc2)c(OC)c(OC)c1OC. The normalized spacial score (nSPS) is 15.1. The third-order valence-electron chi connectivity index (χ3n) is 5.70. The fraction of sp³-hybridized carbons (Fsp3) is 0.440. The highest BCUT2D eigenvalue weighted by Gasteiger charge is 2.31. The highest BCUT2D eigenvalue weighted by molar-refractivity contribution is 8.15. The average Bonchev–Trinajstić information content (AvgIpc) is 3.15. The van der Waals surface area contributed by atoms with Crippen molar-refractivity contribution in [3.63, 3.8) is 0 Å². The molecule has 3 rings (SSSR count). The van der Waals surface area contributed by atoms with Gasteiger partial charge in [0, 0.05) is 11.1 Å². The van der Waals surface area contributed by atoms with Crippen LogP contribution in [-0.2, 0) is 17.6 Å². The average molecular weight is 490 g/mol. The van der Waals surface area contributed by atoms with E-state index in [1.54, 1.807) is 28.4 Å². The van der Waals surface area contributed by atoms with Crippen LogP contribution in [-0.4, -0.2) is 51.4 Å². The van der Waals surface area contributed by atoms with Gasteiger partial charge in [-0.25, -0.2) is 0 Å². The Kier molecular flexibility index (Phi) is 8.92. The molecule has 8 nitrogen and oxygen atoms in total. The summed E-state index contributed by atoms with van der Waals surface area (Å²) in [4.78, 5) is 23.0. The summed E-state index contributed by atoms with van der Waals surface area (Å²) in [6, 6.07) is 7.63. The first-order valence-electron chi connectivity index (χ1n) is 11.0. The molecule has 2 aromatic rings. The maximum atomic E-state index is 11.7. The van der Waals surface area contributed by atoms with Crippen LogP contribution in [0.4, 0.5) is 4.79 Å². The number of rotatable bonds is 12. The summed E-state index contributed by atoms with van der Waals surface area (Å²) in [6.07, 6.45) is 3.02. The van der Waals surface area contributed by atoms with Crippen molar-refractivity contribution < 1.29 is 33.3 Å². The molecule has 0 aromatic heterocycles. The second-order valence-corrected chi connectivity index (χ2v) is 8.95. The van der Waals surface area contributed by atoms with Gasteiger partial charge in [-0.1, -0.05) is 23.9 Å². The third kappa shape index (κ3) is 5.70. The Labute approximate surface area is 204 Å². The molecular formula is C25H31NO7S. The number of benzene rings is 2. The predicted octanol–water partition coefficient (Wildman–Crippen LogP) is 4.33. The molecule has 1 fully saturated rings. The number of amides is 2. The molecule has 0 spiro atoms. The number of imide groups is 1. The van der Waals surface area contributed by atoms with Crippen molar-refractivity contribution in [2.75, 3.05) is 35.0 Å². The maximum absolute atomic E-state index is 11.7. The van der Waals surface area contributed by atoms with E-state index in [9.17, 15) is 9.59 Å². The Morgan fingerprint density at radius 3 is 2.03 bits per heavy atom. The molecule has 1 unspecified atom stereocenters. The van der Waals surface area contributed by atoms with Crippen molar-refractivity contribution in [2.24, 2.45) is 0 Å². The van der Waals surface area contributed by atoms with Crippen LogP contribution < -0.4 is 29.0 Å². The van der Waals surface area contributed by atoms with Gasteiger partial charge in [0.05, 0.1) is 40.3 Å². The van der Waals surface area contributed by atoms with Gasteiger partial charge in [0.1, 0.15) is 5.75 Å². The Balaban J connectivity index is 1.54. The second kappa shape index (κ2) is 11.9. The number of ether oxygens (including phenoxy) is 5. The zero-order valence-corrected chi connectivity index (χ0v) is 21.0. The lowest BCUT2D eigenvalue weighted by Gasteiger charge is -2.21. The topological polar surface area (TPSA) is 92.3 Å². The number of hydrogen-bond acceptors (Lipinski definition) is 8. The first-order chi connectivity index (χ1) is 16.4. The van der Waals surface area contributed by atoms with Crippen LogP contribution in [0.5, 0.6) is 28.7 Å². The zero-order chi connectivity index (χ0) is 24.7. The van der Waals surface area contributed by atoms with Gasteiger partial charge in [-0.3, -0.25) is 14.9 Å². The quantitative estimate of drug-likeness (QED) is 0.441.